The number of nitrogens with zero attached hydrogens (tertiary/aromatic N) is 2. The second-order valence-corrected chi connectivity index (χ2v) is 9.27. The SMILES string of the molecule is CC1(C)CC(=O)C2=C(CC(Cc3nc4ccccc4o3)=NC23CCCC3)C1. The summed E-state index contributed by atoms with van der Waals surface area (Å²) in [5.41, 5.74) is 5.05. The van der Waals surface area contributed by atoms with Crippen LogP contribution in [0.25, 0.3) is 11.1 Å². The van der Waals surface area contributed by atoms with Gasteiger partial charge >= 0.3 is 0 Å². The molecule has 3 aliphatic rings. The summed E-state index contributed by atoms with van der Waals surface area (Å²) in [6.45, 7) is 4.42. The lowest BCUT2D eigenvalue weighted by atomic mass is 9.66. The molecule has 0 saturated heterocycles. The van der Waals surface area contributed by atoms with Crippen molar-refractivity contribution in [3.8, 4) is 0 Å². The molecule has 1 aromatic carbocycles. The second kappa shape index (κ2) is 5.88. The van der Waals surface area contributed by atoms with Crippen LogP contribution >= 0.6 is 0 Å². The molecule has 4 heteroatoms. The van der Waals surface area contributed by atoms with Crippen molar-refractivity contribution in [2.45, 2.75) is 70.8 Å². The largest absolute Gasteiger partial charge is 0.440 e. The Morgan fingerprint density at radius 3 is 2.67 bits per heavy atom. The Balaban J connectivity index is 1.52. The summed E-state index contributed by atoms with van der Waals surface area (Å²) in [7, 11) is 0. The van der Waals surface area contributed by atoms with Crippen molar-refractivity contribution in [2.24, 2.45) is 10.4 Å². The Kier molecular flexibility index (Phi) is 3.68. The van der Waals surface area contributed by atoms with Crippen LogP contribution in [0.1, 0.15) is 64.7 Å². The summed E-state index contributed by atoms with van der Waals surface area (Å²) < 4.78 is 5.95. The Bertz CT molecular complexity index is 954. The van der Waals surface area contributed by atoms with Gasteiger partial charge in [0.2, 0.25) is 5.89 Å². The van der Waals surface area contributed by atoms with E-state index >= 15 is 0 Å². The Morgan fingerprint density at radius 2 is 1.89 bits per heavy atom. The molecule has 1 aliphatic heterocycles. The van der Waals surface area contributed by atoms with Gasteiger partial charge in [0.05, 0.1) is 12.0 Å². The van der Waals surface area contributed by atoms with E-state index in [1.165, 1.54) is 5.57 Å². The minimum Gasteiger partial charge on any atom is -0.440 e. The molecule has 2 aromatic rings. The first-order chi connectivity index (χ1) is 12.9. The molecular formula is C23H26N2O2. The van der Waals surface area contributed by atoms with E-state index in [9.17, 15) is 4.79 Å². The normalized spacial score (nSPS) is 23.8. The third-order valence-electron chi connectivity index (χ3n) is 6.34. The Labute approximate surface area is 159 Å². The number of aliphatic imine (C=N–C) groups is 1. The van der Waals surface area contributed by atoms with E-state index in [2.05, 4.69) is 18.8 Å². The van der Waals surface area contributed by atoms with Crippen LogP contribution in [0.5, 0.6) is 0 Å². The van der Waals surface area contributed by atoms with Gasteiger partial charge < -0.3 is 4.42 Å². The van der Waals surface area contributed by atoms with Crippen LogP contribution in [0, 0.1) is 5.41 Å². The van der Waals surface area contributed by atoms with Crippen LogP contribution < -0.4 is 0 Å². The number of fused-ring (bicyclic) bond motifs is 2. The van der Waals surface area contributed by atoms with Gasteiger partial charge in [-0.1, -0.05) is 44.4 Å². The Hall–Kier alpha value is -2.23. The third-order valence-corrected chi connectivity index (χ3v) is 6.34. The molecule has 5 rings (SSSR count). The van der Waals surface area contributed by atoms with E-state index in [1.54, 1.807) is 0 Å². The first-order valence-corrected chi connectivity index (χ1v) is 10.1. The van der Waals surface area contributed by atoms with Crippen molar-refractivity contribution in [1.82, 2.24) is 4.98 Å². The standard InChI is InChI=1S/C23H26N2O2/c1-22(2)13-15-11-16(12-20-24-17-7-3-4-8-19(17)27-20)25-23(9-5-6-10-23)21(15)18(26)14-22/h3-4,7-8H,5-6,9-14H2,1-2H3. The molecule has 140 valence electrons. The number of hydrogen-bond donors (Lipinski definition) is 0. The molecule has 4 nitrogen and oxygen atoms in total. The number of para-hydroxylation sites is 2. The van der Waals surface area contributed by atoms with Gasteiger partial charge in [-0.3, -0.25) is 9.79 Å². The van der Waals surface area contributed by atoms with Crippen LogP contribution in [0.2, 0.25) is 0 Å². The van der Waals surface area contributed by atoms with E-state index in [0.717, 1.165) is 66.8 Å². The smallest absolute Gasteiger partial charge is 0.201 e. The lowest BCUT2D eigenvalue weighted by Crippen LogP contribution is -2.41. The number of aromatic nitrogens is 1. The number of benzene rings is 1. The average molecular weight is 362 g/mol. The van der Waals surface area contributed by atoms with Crippen LogP contribution in [-0.2, 0) is 11.2 Å². The number of dihydropyridines is 1. The third kappa shape index (κ3) is 2.86. The van der Waals surface area contributed by atoms with Gasteiger partial charge in [0.25, 0.3) is 0 Å². The fourth-order valence-electron chi connectivity index (χ4n) is 5.43. The van der Waals surface area contributed by atoms with E-state index in [4.69, 9.17) is 9.41 Å². The van der Waals surface area contributed by atoms with E-state index in [-0.39, 0.29) is 11.0 Å². The molecule has 1 saturated carbocycles. The molecule has 2 heterocycles. The number of hydrogen-bond acceptors (Lipinski definition) is 4. The topological polar surface area (TPSA) is 55.5 Å². The zero-order chi connectivity index (χ0) is 18.6. The van der Waals surface area contributed by atoms with Gasteiger partial charge in [-0.25, -0.2) is 4.98 Å². The highest BCUT2D eigenvalue weighted by atomic mass is 16.3. The molecule has 0 unspecified atom stereocenters. The second-order valence-electron chi connectivity index (χ2n) is 9.27. The average Bonchev–Trinajstić information content (AvgIpc) is 3.19. The minimum atomic E-state index is -0.261. The molecule has 1 fully saturated rings. The maximum atomic E-state index is 13.0. The number of Topliss-reactive ketones (excluding diaryl/α,β-unsaturated/α-hetero) is 1. The van der Waals surface area contributed by atoms with Gasteiger partial charge in [-0.2, -0.15) is 0 Å². The highest BCUT2D eigenvalue weighted by Crippen LogP contribution is 2.50. The number of ketones is 1. The number of allylic oxidation sites excluding steroid dienone is 1. The summed E-state index contributed by atoms with van der Waals surface area (Å²) >= 11 is 0. The van der Waals surface area contributed by atoms with E-state index < -0.39 is 0 Å². The van der Waals surface area contributed by atoms with Crippen molar-refractivity contribution in [1.29, 1.82) is 0 Å². The molecule has 0 N–H and O–H groups in total. The molecule has 2 aliphatic carbocycles. The molecule has 0 bridgehead atoms. The van der Waals surface area contributed by atoms with Gasteiger partial charge in [-0.15, -0.1) is 0 Å². The van der Waals surface area contributed by atoms with E-state index in [1.807, 2.05) is 24.3 Å². The van der Waals surface area contributed by atoms with Crippen molar-refractivity contribution in [2.75, 3.05) is 0 Å². The van der Waals surface area contributed by atoms with Crippen LogP contribution in [0.3, 0.4) is 0 Å². The van der Waals surface area contributed by atoms with Crippen molar-refractivity contribution >= 4 is 22.6 Å². The lowest BCUT2D eigenvalue weighted by Gasteiger charge is -2.41. The maximum Gasteiger partial charge on any atom is 0.201 e. The summed E-state index contributed by atoms with van der Waals surface area (Å²) in [6.07, 6.45) is 7.43. The predicted molar refractivity (Wildman–Crippen MR) is 106 cm³/mol. The molecular weight excluding hydrogens is 336 g/mol. The predicted octanol–water partition coefficient (Wildman–Crippen LogP) is 5.21. The summed E-state index contributed by atoms with van der Waals surface area (Å²) in [4.78, 5) is 22.9. The number of carbonyl (C=O) groups excluding carboxylic acids is 1. The summed E-state index contributed by atoms with van der Waals surface area (Å²) in [5, 5.41) is 0. The van der Waals surface area contributed by atoms with E-state index in [0.29, 0.717) is 18.6 Å². The van der Waals surface area contributed by atoms with Crippen LogP contribution in [0.15, 0.2) is 44.8 Å². The molecule has 27 heavy (non-hydrogen) atoms. The van der Waals surface area contributed by atoms with Crippen molar-refractivity contribution in [3.05, 3.63) is 41.3 Å². The monoisotopic (exact) mass is 362 g/mol. The fraction of sp³-hybridized carbons (Fsp3) is 0.522. The summed E-state index contributed by atoms with van der Waals surface area (Å²) in [6, 6.07) is 7.88. The van der Waals surface area contributed by atoms with Crippen LogP contribution in [0.4, 0.5) is 0 Å². The van der Waals surface area contributed by atoms with Gasteiger partial charge in [-0.05, 0) is 36.8 Å². The van der Waals surface area contributed by atoms with Crippen LogP contribution in [-0.4, -0.2) is 22.0 Å². The lowest BCUT2D eigenvalue weighted by molar-refractivity contribution is -0.118. The minimum absolute atomic E-state index is 0.0514. The maximum absolute atomic E-state index is 13.0. The van der Waals surface area contributed by atoms with Crippen molar-refractivity contribution < 1.29 is 9.21 Å². The van der Waals surface area contributed by atoms with Gasteiger partial charge in [0, 0.05) is 24.1 Å². The first kappa shape index (κ1) is 16.9. The zero-order valence-electron chi connectivity index (χ0n) is 16.2. The molecule has 0 radical (unpaired) electrons. The molecule has 1 aromatic heterocycles. The zero-order valence-corrected chi connectivity index (χ0v) is 16.2. The number of carbonyl (C=O) groups is 1. The number of oxazole rings is 1. The molecule has 0 atom stereocenters. The highest BCUT2D eigenvalue weighted by molar-refractivity contribution is 6.03. The molecule has 1 spiro atoms. The Morgan fingerprint density at radius 1 is 1.11 bits per heavy atom. The number of rotatable bonds is 2. The van der Waals surface area contributed by atoms with Gasteiger partial charge in [0.15, 0.2) is 11.4 Å². The highest BCUT2D eigenvalue weighted by Gasteiger charge is 2.48. The summed E-state index contributed by atoms with van der Waals surface area (Å²) in [5.74, 6) is 1.07. The molecule has 0 amide bonds. The first-order valence-electron chi connectivity index (χ1n) is 10.1. The van der Waals surface area contributed by atoms with Crippen molar-refractivity contribution in [3.63, 3.8) is 0 Å². The quantitative estimate of drug-likeness (QED) is 0.736. The fourth-order valence-corrected chi connectivity index (χ4v) is 5.43. The van der Waals surface area contributed by atoms with Gasteiger partial charge in [0.1, 0.15) is 5.52 Å².